The molecule has 6 nitrogen and oxygen atoms in total. The van der Waals surface area contributed by atoms with Crippen LogP contribution in [0.4, 0.5) is 39.5 Å². The highest BCUT2D eigenvalue weighted by molar-refractivity contribution is 5.55. The number of halogens is 9. The van der Waals surface area contributed by atoms with E-state index in [1.165, 1.54) is 0 Å². The lowest BCUT2D eigenvalue weighted by molar-refractivity contribution is -0.206. The molecule has 0 fully saturated rings. The Kier molecular flexibility index (Phi) is 6.78. The van der Waals surface area contributed by atoms with E-state index < -0.39 is 69.7 Å². The van der Waals surface area contributed by atoms with Crippen molar-refractivity contribution in [2.75, 3.05) is 6.54 Å². The standard InChI is InChI=1S/C23H16F9N5O/c24-16-6-7-17(18(25)9-16)20(38,11-37-12-34-35-36-37)22(28,29)19-8-5-15(10-33-19)21(26,27)13-1-3-14(4-2-13)23(30,31)32/h1-10,12,35-36,38H,11H2. The first kappa shape index (κ1) is 27.2. The van der Waals surface area contributed by atoms with Gasteiger partial charge in [0.25, 0.3) is 5.92 Å². The fourth-order valence-electron chi connectivity index (χ4n) is 3.74. The minimum Gasteiger partial charge on any atom is -0.377 e. The van der Waals surface area contributed by atoms with Gasteiger partial charge >= 0.3 is 12.1 Å². The zero-order chi connectivity index (χ0) is 27.9. The van der Waals surface area contributed by atoms with Crippen LogP contribution in [0.25, 0.3) is 0 Å². The Morgan fingerprint density at radius 1 is 0.816 bits per heavy atom. The molecule has 0 aliphatic carbocycles. The van der Waals surface area contributed by atoms with Gasteiger partial charge in [-0.15, -0.1) is 5.53 Å². The van der Waals surface area contributed by atoms with E-state index in [1.807, 2.05) is 0 Å². The van der Waals surface area contributed by atoms with Gasteiger partial charge in [-0.25, -0.2) is 14.3 Å². The number of aromatic nitrogens is 1. The monoisotopic (exact) mass is 549 g/mol. The minimum absolute atomic E-state index is 0.279. The number of alkyl halides is 7. The Morgan fingerprint density at radius 3 is 1.97 bits per heavy atom. The summed E-state index contributed by atoms with van der Waals surface area (Å²) in [5, 5.41) is 15.4. The molecule has 202 valence electrons. The lowest BCUT2D eigenvalue weighted by atomic mass is 9.84. The van der Waals surface area contributed by atoms with Gasteiger partial charge in [-0.3, -0.25) is 9.99 Å². The molecule has 0 bridgehead atoms. The molecule has 4 rings (SSSR count). The number of hydrogen-bond donors (Lipinski definition) is 3. The van der Waals surface area contributed by atoms with Gasteiger partial charge in [0.15, 0.2) is 5.60 Å². The van der Waals surface area contributed by atoms with Crippen molar-refractivity contribution < 1.29 is 44.6 Å². The molecule has 1 aliphatic heterocycles. The maximum atomic E-state index is 15.7. The van der Waals surface area contributed by atoms with Crippen LogP contribution in [-0.2, 0) is 23.6 Å². The van der Waals surface area contributed by atoms with Crippen LogP contribution in [0.2, 0.25) is 0 Å². The number of hydrazine groups is 2. The minimum atomic E-state index is -4.75. The van der Waals surface area contributed by atoms with Gasteiger partial charge in [-0.05, 0) is 36.4 Å². The topological polar surface area (TPSA) is 72.8 Å². The second-order valence-corrected chi connectivity index (χ2v) is 8.24. The van der Waals surface area contributed by atoms with E-state index in [1.54, 1.807) is 0 Å². The molecule has 0 amide bonds. The van der Waals surface area contributed by atoms with Gasteiger partial charge < -0.3 is 5.11 Å². The molecule has 2 aromatic carbocycles. The summed E-state index contributed by atoms with van der Waals surface area (Å²) in [5.41, 5.74) is -4.20. The van der Waals surface area contributed by atoms with Crippen molar-refractivity contribution in [3.63, 3.8) is 0 Å². The molecule has 1 aromatic heterocycles. The van der Waals surface area contributed by atoms with Crippen LogP contribution in [0.15, 0.2) is 65.9 Å². The molecule has 0 saturated carbocycles. The van der Waals surface area contributed by atoms with E-state index in [-0.39, 0.29) is 6.07 Å². The third kappa shape index (κ3) is 4.86. The third-order valence-electron chi connectivity index (χ3n) is 5.77. The Morgan fingerprint density at radius 2 is 1.45 bits per heavy atom. The van der Waals surface area contributed by atoms with Gasteiger partial charge in [-0.2, -0.15) is 35.8 Å². The second kappa shape index (κ2) is 9.47. The highest BCUT2D eigenvalue weighted by Gasteiger charge is 2.58. The molecule has 0 radical (unpaired) electrons. The lowest BCUT2D eigenvalue weighted by Gasteiger charge is -2.38. The van der Waals surface area contributed by atoms with E-state index in [0.717, 1.165) is 11.3 Å². The number of benzene rings is 2. The second-order valence-electron chi connectivity index (χ2n) is 8.24. The Hall–Kier alpha value is -3.85. The predicted molar refractivity (Wildman–Crippen MR) is 114 cm³/mol. The van der Waals surface area contributed by atoms with E-state index >= 15 is 8.78 Å². The van der Waals surface area contributed by atoms with Gasteiger partial charge in [0, 0.05) is 29.0 Å². The largest absolute Gasteiger partial charge is 0.416 e. The van der Waals surface area contributed by atoms with Gasteiger partial charge in [0.1, 0.15) is 23.7 Å². The van der Waals surface area contributed by atoms with Gasteiger partial charge in [-0.1, -0.05) is 12.1 Å². The normalized spacial score (nSPS) is 15.9. The van der Waals surface area contributed by atoms with Crippen molar-refractivity contribution in [3.05, 3.63) is 100 Å². The zero-order valence-electron chi connectivity index (χ0n) is 18.7. The quantitative estimate of drug-likeness (QED) is 0.371. The fraction of sp³-hybridized carbons (Fsp3) is 0.217. The molecule has 15 heteroatoms. The fourth-order valence-corrected chi connectivity index (χ4v) is 3.74. The SMILES string of the molecule is OC(CN1C=NNN1)(c1ccc(F)cc1F)C(F)(F)c1ccc(C(F)(F)c2ccc(C(F)(F)F)cc2)cn1. The van der Waals surface area contributed by atoms with E-state index in [9.17, 15) is 35.8 Å². The lowest BCUT2D eigenvalue weighted by Crippen LogP contribution is -2.54. The number of β-amino-alcohol motifs (C(OH)–C–C–N with tert-alkyl or cyclic N) is 1. The number of hydrazone groups is 1. The van der Waals surface area contributed by atoms with Crippen molar-refractivity contribution in [1.29, 1.82) is 0 Å². The molecule has 0 saturated heterocycles. The van der Waals surface area contributed by atoms with Crippen molar-refractivity contribution in [2.45, 2.75) is 23.6 Å². The van der Waals surface area contributed by atoms with Gasteiger partial charge in [0.2, 0.25) is 0 Å². The third-order valence-corrected chi connectivity index (χ3v) is 5.77. The first-order valence-corrected chi connectivity index (χ1v) is 10.5. The molecule has 3 aromatic rings. The molecule has 2 heterocycles. The summed E-state index contributed by atoms with van der Waals surface area (Å²) in [7, 11) is 0. The van der Waals surface area contributed by atoms with Crippen LogP contribution in [0.3, 0.4) is 0 Å². The Balaban J connectivity index is 1.70. The van der Waals surface area contributed by atoms with Crippen molar-refractivity contribution in [2.24, 2.45) is 5.10 Å². The molecule has 1 atom stereocenters. The van der Waals surface area contributed by atoms with Crippen LogP contribution in [0, 0.1) is 11.6 Å². The van der Waals surface area contributed by atoms with E-state index in [0.29, 0.717) is 54.7 Å². The van der Waals surface area contributed by atoms with Crippen LogP contribution in [0.5, 0.6) is 0 Å². The van der Waals surface area contributed by atoms with Crippen molar-refractivity contribution >= 4 is 6.34 Å². The van der Waals surface area contributed by atoms with Crippen molar-refractivity contribution in [1.82, 2.24) is 21.1 Å². The summed E-state index contributed by atoms with van der Waals surface area (Å²) >= 11 is 0. The summed E-state index contributed by atoms with van der Waals surface area (Å²) in [6.07, 6.45) is -3.45. The Labute approximate surface area is 208 Å². The number of rotatable bonds is 7. The highest BCUT2D eigenvalue weighted by atomic mass is 19.4. The predicted octanol–water partition coefficient (Wildman–Crippen LogP) is 4.77. The average Bonchev–Trinajstić information content (AvgIpc) is 3.36. The molecule has 1 unspecified atom stereocenters. The summed E-state index contributed by atoms with van der Waals surface area (Å²) in [6.45, 7) is -1.07. The van der Waals surface area contributed by atoms with Crippen LogP contribution >= 0.6 is 0 Å². The first-order chi connectivity index (χ1) is 17.7. The average molecular weight is 549 g/mol. The number of nitrogens with zero attached hydrogens (tertiary/aromatic N) is 3. The molecule has 38 heavy (non-hydrogen) atoms. The van der Waals surface area contributed by atoms with Crippen LogP contribution < -0.4 is 11.1 Å². The smallest absolute Gasteiger partial charge is 0.377 e. The number of pyridine rings is 1. The zero-order valence-corrected chi connectivity index (χ0v) is 18.7. The molecule has 0 spiro atoms. The summed E-state index contributed by atoms with van der Waals surface area (Å²) in [4.78, 5) is 3.36. The van der Waals surface area contributed by atoms with E-state index in [4.69, 9.17) is 0 Å². The molecular weight excluding hydrogens is 533 g/mol. The summed E-state index contributed by atoms with van der Waals surface area (Å²) in [6, 6.07) is 4.51. The van der Waals surface area contributed by atoms with Crippen LogP contribution in [-0.4, -0.2) is 28.0 Å². The number of hydrogen-bond acceptors (Lipinski definition) is 6. The highest BCUT2D eigenvalue weighted by Crippen LogP contribution is 2.47. The van der Waals surface area contributed by atoms with E-state index in [2.05, 4.69) is 21.2 Å². The maximum Gasteiger partial charge on any atom is 0.416 e. The molecular formula is C23H16F9N5O. The molecule has 1 aliphatic rings. The maximum absolute atomic E-state index is 15.7. The summed E-state index contributed by atoms with van der Waals surface area (Å²) < 4.78 is 128. The number of aliphatic hydroxyl groups is 1. The van der Waals surface area contributed by atoms with Crippen LogP contribution in [0.1, 0.15) is 27.9 Å². The number of nitrogens with one attached hydrogen (secondary N) is 2. The van der Waals surface area contributed by atoms with Gasteiger partial charge in [0.05, 0.1) is 12.1 Å². The Bertz CT molecular complexity index is 1330. The summed E-state index contributed by atoms with van der Waals surface area (Å²) in [5.74, 6) is -11.0. The first-order valence-electron chi connectivity index (χ1n) is 10.5. The van der Waals surface area contributed by atoms with Crippen molar-refractivity contribution in [3.8, 4) is 0 Å². The molecule has 3 N–H and O–H groups in total.